The molecular formula is C16H14ClF2N3. The summed E-state index contributed by atoms with van der Waals surface area (Å²) in [5.74, 6) is 0.658. The zero-order chi connectivity index (χ0) is 15.5. The molecule has 1 aromatic carbocycles. The Balaban J connectivity index is 0.000000142. The molecule has 1 aliphatic rings. The molecule has 0 amide bonds. The molecule has 1 fully saturated rings. The summed E-state index contributed by atoms with van der Waals surface area (Å²) < 4.78 is 25.3. The number of aromatic nitrogens is 3. The molecule has 1 aliphatic carbocycles. The van der Waals surface area contributed by atoms with Crippen molar-refractivity contribution < 1.29 is 8.78 Å². The summed E-state index contributed by atoms with van der Waals surface area (Å²) in [6.45, 7) is 0. The van der Waals surface area contributed by atoms with Crippen LogP contribution in [0.15, 0.2) is 48.8 Å². The molecule has 0 atom stereocenters. The molecule has 2 aromatic heterocycles. The molecule has 0 N–H and O–H groups in total. The number of halogens is 3. The number of benzene rings is 1. The van der Waals surface area contributed by atoms with E-state index in [0.717, 1.165) is 5.65 Å². The second-order valence-corrected chi connectivity index (χ2v) is 5.49. The largest absolute Gasteiger partial charge is 0.263 e. The van der Waals surface area contributed by atoms with Crippen LogP contribution in [-0.2, 0) is 0 Å². The maximum Gasteiger partial charge on any atom is 0.263 e. The summed E-state index contributed by atoms with van der Waals surface area (Å²) in [6.07, 6.45) is 3.75. The van der Waals surface area contributed by atoms with Crippen LogP contribution in [0, 0.1) is 0 Å². The van der Waals surface area contributed by atoms with Crippen LogP contribution in [0.3, 0.4) is 0 Å². The summed E-state index contributed by atoms with van der Waals surface area (Å²) in [6, 6.07) is 9.66. The molecule has 2 heterocycles. The van der Waals surface area contributed by atoms with Crippen molar-refractivity contribution in [3.8, 4) is 0 Å². The smallest absolute Gasteiger partial charge is 0.235 e. The van der Waals surface area contributed by atoms with Crippen LogP contribution in [-0.4, -0.2) is 14.6 Å². The monoisotopic (exact) mass is 321 g/mol. The van der Waals surface area contributed by atoms with Gasteiger partial charge in [0.1, 0.15) is 5.15 Å². The third kappa shape index (κ3) is 3.42. The Bertz CT molecular complexity index is 754. The van der Waals surface area contributed by atoms with Gasteiger partial charge in [-0.25, -0.2) is 18.3 Å². The minimum atomic E-state index is -2.34. The van der Waals surface area contributed by atoms with Crippen molar-refractivity contribution in [1.82, 2.24) is 14.6 Å². The van der Waals surface area contributed by atoms with Gasteiger partial charge in [-0.2, -0.15) is 5.10 Å². The molecule has 0 radical (unpaired) electrons. The average molecular weight is 322 g/mol. The van der Waals surface area contributed by atoms with Crippen LogP contribution in [0.25, 0.3) is 5.65 Å². The number of alkyl halides is 2. The molecule has 114 valence electrons. The van der Waals surface area contributed by atoms with E-state index in [2.05, 4.69) is 10.1 Å². The standard InChI is InChI=1S/C9H8ClN3.C7H6F2/c10-8-5-7(6-1-2-6)9-11-3-4-13(9)12-8;8-7(9)6-4-2-1-3-5-6/h3-6H,1-2H2;1-5,7H. The Kier molecular flexibility index (Phi) is 4.34. The average Bonchev–Trinajstić information content (AvgIpc) is 3.26. The van der Waals surface area contributed by atoms with Gasteiger partial charge >= 0.3 is 0 Å². The van der Waals surface area contributed by atoms with E-state index in [0.29, 0.717) is 11.1 Å². The summed E-state index contributed by atoms with van der Waals surface area (Å²) >= 11 is 5.89. The Labute approximate surface area is 131 Å². The molecule has 0 aliphatic heterocycles. The SMILES string of the molecule is Clc1cc(C2CC2)c2nccn2n1.FC(F)c1ccccc1. The van der Waals surface area contributed by atoms with E-state index in [1.165, 1.54) is 30.5 Å². The van der Waals surface area contributed by atoms with Gasteiger partial charge in [0.05, 0.1) is 0 Å². The maximum absolute atomic E-state index is 11.8. The second kappa shape index (κ2) is 6.40. The lowest BCUT2D eigenvalue weighted by Gasteiger charge is -2.00. The Morgan fingerprint density at radius 2 is 1.91 bits per heavy atom. The lowest BCUT2D eigenvalue weighted by Crippen LogP contribution is -1.95. The molecule has 4 rings (SSSR count). The van der Waals surface area contributed by atoms with Gasteiger partial charge in [0, 0.05) is 23.5 Å². The van der Waals surface area contributed by atoms with Gasteiger partial charge in [0.25, 0.3) is 6.43 Å². The fraction of sp³-hybridized carbons (Fsp3) is 0.250. The molecule has 0 unspecified atom stereocenters. The molecule has 1 saturated carbocycles. The lowest BCUT2D eigenvalue weighted by molar-refractivity contribution is 0.151. The molecule has 0 bridgehead atoms. The number of rotatable bonds is 2. The van der Waals surface area contributed by atoms with Gasteiger partial charge in [-0.3, -0.25) is 0 Å². The van der Waals surface area contributed by atoms with Gasteiger partial charge in [0.2, 0.25) is 0 Å². The summed E-state index contributed by atoms with van der Waals surface area (Å²) in [4.78, 5) is 4.26. The van der Waals surface area contributed by atoms with Crippen molar-refractivity contribution in [3.63, 3.8) is 0 Å². The third-order valence-corrected chi connectivity index (χ3v) is 3.61. The first kappa shape index (κ1) is 14.9. The van der Waals surface area contributed by atoms with Gasteiger partial charge in [0.15, 0.2) is 5.65 Å². The van der Waals surface area contributed by atoms with Crippen molar-refractivity contribution in [2.75, 3.05) is 0 Å². The molecule has 22 heavy (non-hydrogen) atoms. The zero-order valence-corrected chi connectivity index (χ0v) is 12.4. The van der Waals surface area contributed by atoms with Crippen LogP contribution in [0.2, 0.25) is 5.15 Å². The van der Waals surface area contributed by atoms with Gasteiger partial charge < -0.3 is 0 Å². The van der Waals surface area contributed by atoms with Crippen molar-refractivity contribution in [2.45, 2.75) is 25.2 Å². The first-order valence-electron chi connectivity index (χ1n) is 6.98. The highest BCUT2D eigenvalue weighted by Crippen LogP contribution is 2.41. The first-order valence-corrected chi connectivity index (χ1v) is 7.36. The summed E-state index contributed by atoms with van der Waals surface area (Å²) in [5, 5.41) is 4.67. The van der Waals surface area contributed by atoms with E-state index < -0.39 is 6.43 Å². The Hall–Kier alpha value is -2.01. The fourth-order valence-corrected chi connectivity index (χ4v) is 2.40. The summed E-state index contributed by atoms with van der Waals surface area (Å²) in [5.41, 5.74) is 2.27. The number of imidazole rings is 1. The topological polar surface area (TPSA) is 30.2 Å². The molecular weight excluding hydrogens is 308 g/mol. The van der Waals surface area contributed by atoms with Crippen LogP contribution in [0.1, 0.15) is 36.3 Å². The molecule has 3 aromatic rings. The van der Waals surface area contributed by atoms with Crippen LogP contribution < -0.4 is 0 Å². The van der Waals surface area contributed by atoms with E-state index in [4.69, 9.17) is 11.6 Å². The van der Waals surface area contributed by atoms with Crippen molar-refractivity contribution in [1.29, 1.82) is 0 Å². The molecule has 0 spiro atoms. The molecule has 3 nitrogen and oxygen atoms in total. The Morgan fingerprint density at radius 1 is 1.18 bits per heavy atom. The first-order chi connectivity index (χ1) is 10.6. The quantitative estimate of drug-likeness (QED) is 0.673. The number of hydrogen-bond acceptors (Lipinski definition) is 2. The molecule has 6 heteroatoms. The highest BCUT2D eigenvalue weighted by Gasteiger charge is 2.26. The predicted octanol–water partition coefficient (Wildman–Crippen LogP) is 4.88. The van der Waals surface area contributed by atoms with Gasteiger partial charge in [-0.1, -0.05) is 41.9 Å². The lowest BCUT2D eigenvalue weighted by atomic mass is 10.2. The van der Waals surface area contributed by atoms with Crippen molar-refractivity contribution in [2.24, 2.45) is 0 Å². The van der Waals surface area contributed by atoms with E-state index in [9.17, 15) is 8.78 Å². The normalized spacial score (nSPS) is 14.0. The number of nitrogens with zero attached hydrogens (tertiary/aromatic N) is 3. The van der Waals surface area contributed by atoms with E-state index in [1.54, 1.807) is 28.9 Å². The minimum Gasteiger partial charge on any atom is -0.235 e. The van der Waals surface area contributed by atoms with Crippen molar-refractivity contribution >= 4 is 17.2 Å². The number of hydrogen-bond donors (Lipinski definition) is 0. The predicted molar refractivity (Wildman–Crippen MR) is 81.4 cm³/mol. The zero-order valence-electron chi connectivity index (χ0n) is 11.7. The highest BCUT2D eigenvalue weighted by molar-refractivity contribution is 6.29. The fourth-order valence-electron chi connectivity index (χ4n) is 2.20. The number of fused-ring (bicyclic) bond motifs is 1. The van der Waals surface area contributed by atoms with Gasteiger partial charge in [-0.05, 0) is 24.8 Å². The highest BCUT2D eigenvalue weighted by atomic mass is 35.5. The van der Waals surface area contributed by atoms with Crippen molar-refractivity contribution in [3.05, 3.63) is 65.1 Å². The van der Waals surface area contributed by atoms with E-state index in [1.807, 2.05) is 12.3 Å². The second-order valence-electron chi connectivity index (χ2n) is 5.10. The van der Waals surface area contributed by atoms with Gasteiger partial charge in [-0.15, -0.1) is 0 Å². The summed E-state index contributed by atoms with van der Waals surface area (Å²) in [7, 11) is 0. The van der Waals surface area contributed by atoms with E-state index in [-0.39, 0.29) is 5.56 Å². The molecule has 0 saturated heterocycles. The Morgan fingerprint density at radius 3 is 2.50 bits per heavy atom. The third-order valence-electron chi connectivity index (χ3n) is 3.43. The van der Waals surface area contributed by atoms with E-state index >= 15 is 0 Å². The van der Waals surface area contributed by atoms with Crippen LogP contribution >= 0.6 is 11.6 Å². The minimum absolute atomic E-state index is 0.0810. The van der Waals surface area contributed by atoms with Crippen LogP contribution in [0.5, 0.6) is 0 Å². The maximum atomic E-state index is 11.8. The van der Waals surface area contributed by atoms with Crippen LogP contribution in [0.4, 0.5) is 8.78 Å².